The summed E-state index contributed by atoms with van der Waals surface area (Å²) in [7, 11) is 0. The van der Waals surface area contributed by atoms with Crippen LogP contribution in [0.2, 0.25) is 0 Å². The average molecular weight is 380 g/mol. The molecule has 3 rings (SSSR count). The van der Waals surface area contributed by atoms with Crippen LogP contribution in [0.3, 0.4) is 0 Å². The van der Waals surface area contributed by atoms with Crippen LogP contribution in [0.4, 0.5) is 11.4 Å². The molecule has 0 amide bonds. The summed E-state index contributed by atoms with van der Waals surface area (Å²) in [6, 6.07) is 11.5. The highest BCUT2D eigenvalue weighted by Crippen LogP contribution is 2.18. The Morgan fingerprint density at radius 3 is 1.39 bits per heavy atom. The van der Waals surface area contributed by atoms with E-state index in [1.165, 1.54) is 48.6 Å². The van der Waals surface area contributed by atoms with Crippen molar-refractivity contribution >= 4 is 23.5 Å². The van der Waals surface area contributed by atoms with Crippen LogP contribution in [0.15, 0.2) is 58.1 Å². The molecule has 10 heteroatoms. The molecule has 0 aliphatic heterocycles. The zero-order valence-electron chi connectivity index (χ0n) is 14.1. The summed E-state index contributed by atoms with van der Waals surface area (Å²) in [5.41, 5.74) is -1.57. The Morgan fingerprint density at radius 2 is 1.04 bits per heavy atom. The van der Waals surface area contributed by atoms with Gasteiger partial charge in [0.15, 0.2) is 0 Å². The van der Waals surface area contributed by atoms with Gasteiger partial charge in [0.2, 0.25) is 0 Å². The van der Waals surface area contributed by atoms with Crippen molar-refractivity contribution in [1.29, 1.82) is 0 Å². The summed E-state index contributed by atoms with van der Waals surface area (Å²) in [5.74, 6) is 0. The molecule has 140 valence electrons. The van der Waals surface area contributed by atoms with E-state index >= 15 is 0 Å². The van der Waals surface area contributed by atoms with E-state index in [9.17, 15) is 29.8 Å². The van der Waals surface area contributed by atoms with Gasteiger partial charge in [-0.05, 0) is 24.3 Å². The van der Waals surface area contributed by atoms with Crippen molar-refractivity contribution < 1.29 is 9.85 Å². The van der Waals surface area contributed by atoms with Gasteiger partial charge in [-0.15, -0.1) is 0 Å². The second-order valence-corrected chi connectivity index (χ2v) is 5.66. The minimum Gasteiger partial charge on any atom is -0.316 e. The van der Waals surface area contributed by atoms with Gasteiger partial charge in [-0.25, -0.2) is 0 Å². The molecule has 2 N–H and O–H groups in total. The van der Waals surface area contributed by atoms with E-state index in [1.54, 1.807) is 12.1 Å². The Balaban J connectivity index is 2.19. The van der Waals surface area contributed by atoms with Gasteiger partial charge >= 0.3 is 0 Å². The quantitative estimate of drug-likeness (QED) is 0.498. The number of rotatable bonds is 4. The van der Waals surface area contributed by atoms with Crippen molar-refractivity contribution in [2.24, 2.45) is 0 Å². The lowest BCUT2D eigenvalue weighted by molar-refractivity contribution is -0.385. The molecular formula is C18H12N4O6. The maximum atomic E-state index is 12.3. The van der Waals surface area contributed by atoms with Gasteiger partial charge in [0, 0.05) is 12.1 Å². The molecule has 0 saturated heterocycles. The van der Waals surface area contributed by atoms with Crippen molar-refractivity contribution in [1.82, 2.24) is 9.97 Å². The van der Waals surface area contributed by atoms with E-state index < -0.39 is 21.0 Å². The minimum atomic E-state index is -0.706. The van der Waals surface area contributed by atoms with Crippen LogP contribution in [0.25, 0.3) is 12.2 Å². The number of aromatic nitrogens is 2. The third kappa shape index (κ3) is 3.75. The lowest BCUT2D eigenvalue weighted by atomic mass is 10.1. The zero-order chi connectivity index (χ0) is 20.3. The van der Waals surface area contributed by atoms with Gasteiger partial charge in [0.1, 0.15) is 10.7 Å². The van der Waals surface area contributed by atoms with Gasteiger partial charge < -0.3 is 9.97 Å². The number of hydrogen-bond donors (Lipinski definition) is 2. The Bertz CT molecular complexity index is 1220. The first-order valence-corrected chi connectivity index (χ1v) is 7.90. The van der Waals surface area contributed by atoms with E-state index in [0.29, 0.717) is 0 Å². The lowest BCUT2D eigenvalue weighted by Gasteiger charge is -1.97. The normalized spacial score (nSPS) is 12.1. The molecule has 0 saturated carbocycles. The Labute approximate surface area is 155 Å². The maximum Gasteiger partial charge on any atom is 0.276 e. The van der Waals surface area contributed by atoms with Crippen LogP contribution in [0, 0.1) is 20.2 Å². The third-order valence-electron chi connectivity index (χ3n) is 3.85. The number of hydrogen-bond acceptors (Lipinski definition) is 6. The molecule has 1 heterocycles. The SMILES string of the molecule is O=c1[nH]/c(=C/c2ccccc2[N+](=O)[O-])c(=O)[nH]/c1=C/c1ccccc1[N+](=O)[O-]. The summed E-state index contributed by atoms with van der Waals surface area (Å²) in [6.07, 6.45) is 2.38. The molecule has 1 aromatic heterocycles. The fourth-order valence-electron chi connectivity index (χ4n) is 2.56. The van der Waals surface area contributed by atoms with Gasteiger partial charge in [-0.1, -0.05) is 24.3 Å². The number of H-pyrrole nitrogens is 2. The van der Waals surface area contributed by atoms with Crippen molar-refractivity contribution in [3.05, 3.63) is 111 Å². The topological polar surface area (TPSA) is 152 Å². The summed E-state index contributed by atoms with van der Waals surface area (Å²) < 4.78 is 0. The summed E-state index contributed by atoms with van der Waals surface area (Å²) in [4.78, 5) is 50.3. The molecular weight excluding hydrogens is 368 g/mol. The highest BCUT2D eigenvalue weighted by Gasteiger charge is 2.12. The smallest absolute Gasteiger partial charge is 0.276 e. The molecule has 0 atom stereocenters. The van der Waals surface area contributed by atoms with Crippen molar-refractivity contribution in [2.75, 3.05) is 0 Å². The average Bonchev–Trinajstić information content (AvgIpc) is 2.66. The van der Waals surface area contributed by atoms with E-state index in [1.807, 2.05) is 0 Å². The van der Waals surface area contributed by atoms with Crippen LogP contribution < -0.4 is 21.8 Å². The van der Waals surface area contributed by atoms with Crippen molar-refractivity contribution in [2.45, 2.75) is 0 Å². The number of nitrogens with one attached hydrogen (secondary N) is 2. The van der Waals surface area contributed by atoms with Crippen LogP contribution in [-0.2, 0) is 0 Å². The monoisotopic (exact) mass is 380 g/mol. The molecule has 0 unspecified atom stereocenters. The molecule has 0 aliphatic carbocycles. The molecule has 2 aromatic carbocycles. The standard InChI is InChI=1S/C18H12N4O6/c23-17-13(9-11-5-1-3-7-15(11)21(25)26)19-18(24)14(20-17)10-12-6-2-4-8-16(12)22(27)28/h1-10H,(H,19,24)(H,20,23)/b13-9+,14-10+. The zero-order valence-corrected chi connectivity index (χ0v) is 14.1. The first-order valence-electron chi connectivity index (χ1n) is 7.90. The number of benzene rings is 2. The van der Waals surface area contributed by atoms with E-state index in [4.69, 9.17) is 0 Å². The number of nitro groups is 2. The largest absolute Gasteiger partial charge is 0.316 e. The fourth-order valence-corrected chi connectivity index (χ4v) is 2.56. The lowest BCUT2D eigenvalue weighted by Crippen LogP contribution is -2.46. The Morgan fingerprint density at radius 1 is 0.679 bits per heavy atom. The van der Waals surface area contributed by atoms with Crippen LogP contribution >= 0.6 is 0 Å². The predicted octanol–water partition coefficient (Wildman–Crippen LogP) is 0.537. The van der Waals surface area contributed by atoms with E-state index in [2.05, 4.69) is 9.97 Å². The van der Waals surface area contributed by atoms with Gasteiger partial charge in [0.05, 0.1) is 21.0 Å². The van der Waals surface area contributed by atoms with E-state index in [-0.39, 0.29) is 33.2 Å². The highest BCUT2D eigenvalue weighted by molar-refractivity contribution is 5.61. The van der Waals surface area contributed by atoms with Crippen LogP contribution in [0.5, 0.6) is 0 Å². The second kappa shape index (κ2) is 7.50. The first-order chi connectivity index (χ1) is 13.4. The predicted molar refractivity (Wildman–Crippen MR) is 100 cm³/mol. The maximum absolute atomic E-state index is 12.3. The minimum absolute atomic E-state index is 0.143. The molecule has 3 aromatic rings. The Hall–Kier alpha value is -4.34. The number of aromatic amines is 2. The molecule has 28 heavy (non-hydrogen) atoms. The second-order valence-electron chi connectivity index (χ2n) is 5.66. The molecule has 0 aliphatic rings. The number of para-hydroxylation sites is 2. The van der Waals surface area contributed by atoms with Gasteiger partial charge in [-0.2, -0.15) is 0 Å². The number of nitro benzene ring substituents is 2. The first kappa shape index (κ1) is 18.5. The molecule has 0 radical (unpaired) electrons. The van der Waals surface area contributed by atoms with Crippen molar-refractivity contribution in [3.8, 4) is 0 Å². The van der Waals surface area contributed by atoms with E-state index in [0.717, 1.165) is 0 Å². The van der Waals surface area contributed by atoms with Gasteiger partial charge in [0.25, 0.3) is 22.5 Å². The molecule has 0 fully saturated rings. The summed E-state index contributed by atoms with van der Waals surface area (Å²) in [6.45, 7) is 0. The summed E-state index contributed by atoms with van der Waals surface area (Å²) in [5, 5.41) is 21.8. The highest BCUT2D eigenvalue weighted by atomic mass is 16.6. The molecule has 10 nitrogen and oxygen atoms in total. The number of nitrogens with zero attached hydrogens (tertiary/aromatic N) is 2. The van der Waals surface area contributed by atoms with Gasteiger partial charge in [-0.3, -0.25) is 29.8 Å². The Kier molecular flexibility index (Phi) is 4.94. The fraction of sp³-hybridized carbons (Fsp3) is 0. The third-order valence-corrected chi connectivity index (χ3v) is 3.85. The van der Waals surface area contributed by atoms with Crippen LogP contribution in [-0.4, -0.2) is 19.8 Å². The summed E-state index contributed by atoms with van der Waals surface area (Å²) >= 11 is 0. The van der Waals surface area contributed by atoms with Crippen LogP contribution in [0.1, 0.15) is 11.1 Å². The molecule has 0 bridgehead atoms. The molecule has 0 spiro atoms. The van der Waals surface area contributed by atoms with Crippen molar-refractivity contribution in [3.63, 3.8) is 0 Å².